The number of halogens is 2. The minimum absolute atomic E-state index is 0. The first-order valence-corrected chi connectivity index (χ1v) is 13.8. The quantitative estimate of drug-likeness (QED) is 0.228. The second-order valence-electron chi connectivity index (χ2n) is 10.9. The summed E-state index contributed by atoms with van der Waals surface area (Å²) < 4.78 is 4.69. The van der Waals surface area contributed by atoms with E-state index in [0.717, 1.165) is 13.1 Å². The van der Waals surface area contributed by atoms with Gasteiger partial charge in [-0.15, -0.1) is 0 Å². The molecule has 4 nitrogen and oxygen atoms in total. The molecule has 0 fully saturated rings. The second kappa shape index (κ2) is 13.5. The van der Waals surface area contributed by atoms with Crippen LogP contribution in [-0.2, 0) is 13.1 Å². The summed E-state index contributed by atoms with van der Waals surface area (Å²) in [6.45, 7) is 1.64. The lowest BCUT2D eigenvalue weighted by atomic mass is 10.0. The van der Waals surface area contributed by atoms with Crippen molar-refractivity contribution in [2.75, 3.05) is 38.0 Å². The fourth-order valence-corrected chi connectivity index (χ4v) is 5.69. The number of hydrogen-bond donors (Lipinski definition) is 0. The lowest BCUT2D eigenvalue weighted by molar-refractivity contribution is -0.662. The molecule has 0 radical (unpaired) electrons. The molecule has 2 aromatic heterocycles. The number of fused-ring (bicyclic) bond motifs is 2. The van der Waals surface area contributed by atoms with Gasteiger partial charge in [0.1, 0.15) is 0 Å². The topological polar surface area (TPSA) is 14.2 Å². The van der Waals surface area contributed by atoms with Crippen LogP contribution in [0.5, 0.6) is 0 Å². The van der Waals surface area contributed by atoms with E-state index in [1.807, 2.05) is 0 Å². The van der Waals surface area contributed by atoms with Crippen LogP contribution in [-0.4, -0.2) is 28.2 Å². The molecule has 2 heterocycles. The lowest BCUT2D eigenvalue weighted by Gasteiger charge is -2.15. The molecule has 4 aromatic carbocycles. The van der Waals surface area contributed by atoms with Crippen molar-refractivity contribution in [2.24, 2.45) is 0 Å². The van der Waals surface area contributed by atoms with Crippen molar-refractivity contribution in [3.05, 3.63) is 133 Å². The molecule has 6 aromatic rings. The highest BCUT2D eigenvalue weighted by atomic mass is 79.9. The molecule has 0 bridgehead atoms. The van der Waals surface area contributed by atoms with Gasteiger partial charge in [-0.3, -0.25) is 0 Å². The molecular formula is C36H36Br2N4. The largest absolute Gasteiger partial charge is 1.00 e. The van der Waals surface area contributed by atoms with E-state index in [0.29, 0.717) is 0 Å². The van der Waals surface area contributed by atoms with E-state index in [-0.39, 0.29) is 34.0 Å². The number of nitrogens with zero attached hydrogens (tertiary/aromatic N) is 4. The summed E-state index contributed by atoms with van der Waals surface area (Å²) in [5.74, 6) is 0. The van der Waals surface area contributed by atoms with E-state index in [1.54, 1.807) is 0 Å². The van der Waals surface area contributed by atoms with Gasteiger partial charge in [-0.25, -0.2) is 0 Å². The molecule has 0 saturated carbocycles. The fourth-order valence-electron chi connectivity index (χ4n) is 5.69. The Labute approximate surface area is 270 Å². The molecule has 0 aliphatic rings. The first-order chi connectivity index (χ1) is 19.5. The van der Waals surface area contributed by atoms with Crippen LogP contribution in [0.3, 0.4) is 0 Å². The number of pyridine rings is 2. The summed E-state index contributed by atoms with van der Waals surface area (Å²) in [4.78, 5) is 4.36. The molecular weight excluding hydrogens is 648 g/mol. The second-order valence-corrected chi connectivity index (χ2v) is 10.9. The van der Waals surface area contributed by atoms with Crippen LogP contribution in [0.1, 0.15) is 11.1 Å². The van der Waals surface area contributed by atoms with Crippen LogP contribution in [0.2, 0.25) is 0 Å². The predicted molar refractivity (Wildman–Crippen MR) is 167 cm³/mol. The number of para-hydroxylation sites is 2. The van der Waals surface area contributed by atoms with Crippen LogP contribution in [0.15, 0.2) is 122 Å². The first kappa shape index (κ1) is 31.2. The van der Waals surface area contributed by atoms with Crippen molar-refractivity contribution in [1.29, 1.82) is 0 Å². The lowest BCUT2D eigenvalue weighted by Crippen LogP contribution is -3.00. The Morgan fingerprint density at radius 2 is 0.881 bits per heavy atom. The van der Waals surface area contributed by atoms with Gasteiger partial charge in [-0.2, -0.15) is 9.13 Å². The van der Waals surface area contributed by atoms with E-state index in [9.17, 15) is 0 Å². The van der Waals surface area contributed by atoms with Crippen LogP contribution in [0, 0.1) is 0 Å². The van der Waals surface area contributed by atoms with Crippen molar-refractivity contribution in [3.8, 4) is 11.1 Å². The zero-order valence-corrected chi connectivity index (χ0v) is 27.7. The van der Waals surface area contributed by atoms with Crippen LogP contribution in [0.4, 0.5) is 11.4 Å². The Hall–Kier alpha value is -3.74. The number of hydrogen-bond acceptors (Lipinski definition) is 2. The van der Waals surface area contributed by atoms with E-state index in [4.69, 9.17) is 0 Å². The monoisotopic (exact) mass is 682 g/mol. The Balaban J connectivity index is 0.00000202. The Kier molecular flexibility index (Phi) is 10.0. The van der Waals surface area contributed by atoms with E-state index < -0.39 is 0 Å². The Morgan fingerprint density at radius 1 is 0.476 bits per heavy atom. The average molecular weight is 685 g/mol. The smallest absolute Gasteiger partial charge is 0.214 e. The number of anilines is 2. The molecule has 214 valence electrons. The summed E-state index contributed by atoms with van der Waals surface area (Å²) in [6.07, 6.45) is 4.40. The van der Waals surface area contributed by atoms with Gasteiger partial charge in [0, 0.05) is 63.6 Å². The normalized spacial score (nSPS) is 10.7. The van der Waals surface area contributed by atoms with E-state index in [2.05, 4.69) is 169 Å². The van der Waals surface area contributed by atoms with E-state index >= 15 is 0 Å². The molecule has 0 atom stereocenters. The van der Waals surface area contributed by atoms with Gasteiger partial charge in [-0.1, -0.05) is 60.7 Å². The molecule has 0 N–H and O–H groups in total. The maximum atomic E-state index is 2.34. The summed E-state index contributed by atoms with van der Waals surface area (Å²) in [7, 11) is 8.40. The van der Waals surface area contributed by atoms with Crippen molar-refractivity contribution < 1.29 is 43.1 Å². The minimum atomic E-state index is 0. The summed E-state index contributed by atoms with van der Waals surface area (Å²) in [6, 6.07) is 39.6. The Morgan fingerprint density at radius 3 is 1.29 bits per heavy atom. The third-order valence-corrected chi connectivity index (χ3v) is 7.66. The summed E-state index contributed by atoms with van der Waals surface area (Å²) in [5.41, 5.74) is 10.0. The van der Waals surface area contributed by atoms with Crippen LogP contribution < -0.4 is 52.9 Å². The minimum Gasteiger partial charge on any atom is -1.00 e. The van der Waals surface area contributed by atoms with Crippen molar-refractivity contribution in [2.45, 2.75) is 13.1 Å². The molecule has 0 amide bonds. The number of aromatic nitrogens is 2. The van der Waals surface area contributed by atoms with Gasteiger partial charge < -0.3 is 43.8 Å². The highest BCUT2D eigenvalue weighted by molar-refractivity contribution is 5.90. The molecule has 6 heteroatoms. The van der Waals surface area contributed by atoms with E-state index in [1.165, 1.54) is 55.4 Å². The maximum Gasteiger partial charge on any atom is 0.214 e. The SMILES string of the molecule is CN(C)c1cc[n+](Cc2cccc(-c3cccc(C[n+]4ccc(N(C)C)c5ccccc54)c3)c2)c2ccccc12.[Br-].[Br-]. The molecule has 6 rings (SSSR count). The zero-order chi connectivity index (χ0) is 27.6. The van der Waals surface area contributed by atoms with Gasteiger partial charge >= 0.3 is 0 Å². The molecule has 0 aliphatic carbocycles. The highest BCUT2D eigenvalue weighted by Crippen LogP contribution is 2.26. The predicted octanol–water partition coefficient (Wildman–Crippen LogP) is 0.472. The van der Waals surface area contributed by atoms with Gasteiger partial charge in [-0.05, 0) is 35.4 Å². The third kappa shape index (κ3) is 6.35. The van der Waals surface area contributed by atoms with Gasteiger partial charge in [0.05, 0.1) is 22.1 Å². The molecule has 0 aliphatic heterocycles. The highest BCUT2D eigenvalue weighted by Gasteiger charge is 2.16. The summed E-state index contributed by atoms with van der Waals surface area (Å²) >= 11 is 0. The van der Waals surface area contributed by atoms with Crippen LogP contribution in [0.25, 0.3) is 32.9 Å². The number of benzene rings is 4. The van der Waals surface area contributed by atoms with Crippen molar-refractivity contribution >= 4 is 33.2 Å². The van der Waals surface area contributed by atoms with Crippen molar-refractivity contribution in [1.82, 2.24) is 0 Å². The molecule has 0 saturated heterocycles. The molecule has 0 spiro atoms. The standard InChI is InChI=1S/C36H36N4.2BrH/c1-37(2)33-19-21-39(35-17-7-5-15-31(33)35)25-27-11-9-13-29(23-27)30-14-10-12-28(24-30)26-40-22-20-34(38(3)4)32-16-6-8-18-36(32)40;;/h5-24H,25-26H2,1-4H3;2*1H/q+2;;/p-2. The first-order valence-electron chi connectivity index (χ1n) is 13.8. The average Bonchev–Trinajstić information content (AvgIpc) is 2.97. The third-order valence-electron chi connectivity index (χ3n) is 7.66. The van der Waals surface area contributed by atoms with Gasteiger partial charge in [0.25, 0.3) is 0 Å². The Bertz CT molecular complexity index is 1700. The number of rotatable bonds is 7. The summed E-state index contributed by atoms with van der Waals surface area (Å²) in [5, 5.41) is 2.53. The molecule has 42 heavy (non-hydrogen) atoms. The zero-order valence-electron chi connectivity index (χ0n) is 24.5. The molecule has 0 unspecified atom stereocenters. The maximum absolute atomic E-state index is 2.34. The van der Waals surface area contributed by atoms with Crippen LogP contribution >= 0.6 is 0 Å². The van der Waals surface area contributed by atoms with Gasteiger partial charge in [0.2, 0.25) is 11.0 Å². The van der Waals surface area contributed by atoms with Crippen molar-refractivity contribution in [3.63, 3.8) is 0 Å². The fraction of sp³-hybridized carbons (Fsp3) is 0.167. The van der Waals surface area contributed by atoms with Gasteiger partial charge in [0.15, 0.2) is 25.5 Å².